The quantitative estimate of drug-likeness (QED) is 0.540. The average molecular weight is 280 g/mol. The maximum atomic E-state index is 6.74. The summed E-state index contributed by atoms with van der Waals surface area (Å²) in [6, 6.07) is 0. The van der Waals surface area contributed by atoms with E-state index in [1.807, 2.05) is 0 Å². The SMILES string of the molecule is BC(CC)(CC)COC(CC)(CC)C1(CC)CCC1C. The first kappa shape index (κ1) is 18.1. The second-order valence-corrected chi connectivity index (χ2v) is 7.46. The number of hydrogen-bond donors (Lipinski definition) is 0. The molecule has 1 saturated carbocycles. The molecule has 0 aliphatic heterocycles. The number of rotatable bonds is 9. The molecule has 2 unspecified atom stereocenters. The summed E-state index contributed by atoms with van der Waals surface area (Å²) in [5, 5.41) is 0.345. The number of ether oxygens (including phenoxy) is 1. The van der Waals surface area contributed by atoms with Gasteiger partial charge in [-0.2, -0.15) is 0 Å². The van der Waals surface area contributed by atoms with Crippen LogP contribution in [0.4, 0.5) is 0 Å². The van der Waals surface area contributed by atoms with Gasteiger partial charge in [0.15, 0.2) is 0 Å². The van der Waals surface area contributed by atoms with Gasteiger partial charge in [-0.1, -0.05) is 54.4 Å². The van der Waals surface area contributed by atoms with Crippen molar-refractivity contribution in [2.75, 3.05) is 6.61 Å². The summed E-state index contributed by atoms with van der Waals surface area (Å²) < 4.78 is 6.74. The molecule has 0 amide bonds. The molecule has 1 aliphatic carbocycles. The van der Waals surface area contributed by atoms with Gasteiger partial charge in [0.1, 0.15) is 7.85 Å². The lowest BCUT2D eigenvalue weighted by Gasteiger charge is -2.60. The Morgan fingerprint density at radius 2 is 1.60 bits per heavy atom. The lowest BCUT2D eigenvalue weighted by atomic mass is 9.50. The molecule has 0 N–H and O–H groups in total. The highest BCUT2D eigenvalue weighted by atomic mass is 16.5. The maximum Gasteiger partial charge on any atom is 0.112 e. The van der Waals surface area contributed by atoms with Crippen molar-refractivity contribution in [3.05, 3.63) is 0 Å². The van der Waals surface area contributed by atoms with Gasteiger partial charge in [-0.3, -0.25) is 0 Å². The van der Waals surface area contributed by atoms with E-state index in [2.05, 4.69) is 49.4 Å². The van der Waals surface area contributed by atoms with Gasteiger partial charge in [-0.15, -0.1) is 0 Å². The Bertz CT molecular complexity index is 290. The third-order valence-electron chi connectivity index (χ3n) is 7.05. The van der Waals surface area contributed by atoms with E-state index in [0.717, 1.165) is 25.4 Å². The van der Waals surface area contributed by atoms with Gasteiger partial charge < -0.3 is 4.74 Å². The lowest BCUT2D eigenvalue weighted by Crippen LogP contribution is -2.58. The zero-order valence-electron chi connectivity index (χ0n) is 15.1. The van der Waals surface area contributed by atoms with E-state index < -0.39 is 0 Å². The molecule has 2 heteroatoms. The highest BCUT2D eigenvalue weighted by molar-refractivity contribution is 6.15. The van der Waals surface area contributed by atoms with Crippen LogP contribution in [-0.4, -0.2) is 20.1 Å². The molecule has 0 aromatic rings. The van der Waals surface area contributed by atoms with Crippen LogP contribution >= 0.6 is 0 Å². The fourth-order valence-corrected chi connectivity index (χ4v) is 4.37. The summed E-state index contributed by atoms with van der Waals surface area (Å²) in [7, 11) is 2.38. The molecule has 1 nitrogen and oxygen atoms in total. The van der Waals surface area contributed by atoms with E-state index in [9.17, 15) is 0 Å². The van der Waals surface area contributed by atoms with Gasteiger partial charge in [0.25, 0.3) is 0 Å². The normalized spacial score (nSPS) is 27.4. The number of hydrogen-bond acceptors (Lipinski definition) is 1. The van der Waals surface area contributed by atoms with Crippen LogP contribution < -0.4 is 0 Å². The molecule has 0 spiro atoms. The first-order chi connectivity index (χ1) is 9.39. The summed E-state index contributed by atoms with van der Waals surface area (Å²) >= 11 is 0. The highest BCUT2D eigenvalue weighted by Gasteiger charge is 2.56. The molecule has 1 fully saturated rings. The Kier molecular flexibility index (Phi) is 6.20. The lowest BCUT2D eigenvalue weighted by molar-refractivity contribution is -0.205. The average Bonchev–Trinajstić information content (AvgIpc) is 2.49. The van der Waals surface area contributed by atoms with Crippen molar-refractivity contribution in [3.8, 4) is 0 Å². The van der Waals surface area contributed by atoms with Crippen molar-refractivity contribution >= 4 is 7.85 Å². The molecule has 0 saturated heterocycles. The fraction of sp³-hybridized carbons (Fsp3) is 1.00. The van der Waals surface area contributed by atoms with Crippen molar-refractivity contribution < 1.29 is 4.74 Å². The molecule has 0 aromatic heterocycles. The summed E-state index contributed by atoms with van der Waals surface area (Å²) in [6.45, 7) is 15.0. The maximum absolute atomic E-state index is 6.74. The molecule has 0 heterocycles. The van der Waals surface area contributed by atoms with Crippen molar-refractivity contribution in [1.82, 2.24) is 0 Å². The molecule has 0 aromatic carbocycles. The van der Waals surface area contributed by atoms with Gasteiger partial charge in [-0.05, 0) is 43.3 Å². The van der Waals surface area contributed by atoms with Crippen LogP contribution in [0.15, 0.2) is 0 Å². The zero-order chi connectivity index (χ0) is 15.4. The standard InChI is InChI=1S/C18H37BO/c1-7-16(19,8-2)14-20-18(10-4,11-5)17(9-3)13-12-15(17)6/h15H,7-14,19H2,1-6H3. The van der Waals surface area contributed by atoms with Crippen molar-refractivity contribution in [2.45, 2.75) is 97.4 Å². The smallest absolute Gasteiger partial charge is 0.112 e. The largest absolute Gasteiger partial charge is 0.375 e. The van der Waals surface area contributed by atoms with Gasteiger partial charge >= 0.3 is 0 Å². The van der Waals surface area contributed by atoms with Crippen LogP contribution in [0.3, 0.4) is 0 Å². The summed E-state index contributed by atoms with van der Waals surface area (Å²) in [5.41, 5.74) is 0.532. The van der Waals surface area contributed by atoms with Crippen LogP contribution in [0.25, 0.3) is 0 Å². The van der Waals surface area contributed by atoms with E-state index in [1.54, 1.807) is 0 Å². The Morgan fingerprint density at radius 1 is 1.05 bits per heavy atom. The molecule has 20 heavy (non-hydrogen) atoms. The molecular formula is C18H37BO. The summed E-state index contributed by atoms with van der Waals surface area (Å²) in [5.74, 6) is 0.821. The second-order valence-electron chi connectivity index (χ2n) is 7.46. The third kappa shape index (κ3) is 2.82. The first-order valence-electron chi connectivity index (χ1n) is 9.03. The highest BCUT2D eigenvalue weighted by Crippen LogP contribution is 2.60. The summed E-state index contributed by atoms with van der Waals surface area (Å²) in [6.07, 6.45) is 8.75. The van der Waals surface area contributed by atoms with Crippen LogP contribution in [-0.2, 0) is 4.74 Å². The molecule has 0 radical (unpaired) electrons. The van der Waals surface area contributed by atoms with E-state index >= 15 is 0 Å². The predicted molar refractivity (Wildman–Crippen MR) is 92.2 cm³/mol. The Morgan fingerprint density at radius 3 is 1.85 bits per heavy atom. The Hall–Kier alpha value is 0.0249. The van der Waals surface area contributed by atoms with Crippen molar-refractivity contribution in [2.24, 2.45) is 11.3 Å². The van der Waals surface area contributed by atoms with Gasteiger partial charge in [0.05, 0.1) is 5.60 Å². The molecule has 1 aliphatic rings. The van der Waals surface area contributed by atoms with Crippen LogP contribution in [0.1, 0.15) is 86.5 Å². The second kappa shape index (κ2) is 6.86. The monoisotopic (exact) mass is 280 g/mol. The minimum absolute atomic E-state index is 0.102. The van der Waals surface area contributed by atoms with E-state index in [0.29, 0.717) is 10.7 Å². The third-order valence-corrected chi connectivity index (χ3v) is 7.05. The molecular weight excluding hydrogens is 243 g/mol. The van der Waals surface area contributed by atoms with Crippen LogP contribution in [0.2, 0.25) is 5.31 Å². The molecule has 0 bridgehead atoms. The van der Waals surface area contributed by atoms with E-state index in [-0.39, 0.29) is 5.60 Å². The minimum Gasteiger partial charge on any atom is -0.375 e. The van der Waals surface area contributed by atoms with Crippen LogP contribution in [0.5, 0.6) is 0 Å². The molecule has 1 rings (SSSR count). The van der Waals surface area contributed by atoms with Crippen LogP contribution in [0, 0.1) is 11.3 Å². The van der Waals surface area contributed by atoms with Gasteiger partial charge in [0, 0.05) is 12.0 Å². The van der Waals surface area contributed by atoms with Gasteiger partial charge in [-0.25, -0.2) is 0 Å². The summed E-state index contributed by atoms with van der Waals surface area (Å²) in [4.78, 5) is 0. The van der Waals surface area contributed by atoms with Crippen molar-refractivity contribution in [3.63, 3.8) is 0 Å². The molecule has 2 atom stereocenters. The molecule has 118 valence electrons. The first-order valence-corrected chi connectivity index (χ1v) is 9.03. The topological polar surface area (TPSA) is 9.23 Å². The Labute approximate surface area is 128 Å². The zero-order valence-corrected chi connectivity index (χ0v) is 15.1. The van der Waals surface area contributed by atoms with E-state index in [4.69, 9.17) is 4.74 Å². The predicted octanol–water partition coefficient (Wildman–Crippen LogP) is 5.00. The Balaban J connectivity index is 2.92. The fourth-order valence-electron chi connectivity index (χ4n) is 4.37. The van der Waals surface area contributed by atoms with E-state index in [1.165, 1.54) is 32.1 Å². The van der Waals surface area contributed by atoms with Gasteiger partial charge in [0.2, 0.25) is 0 Å². The van der Waals surface area contributed by atoms with Crippen molar-refractivity contribution in [1.29, 1.82) is 0 Å². The minimum atomic E-state index is 0.102.